The molecule has 0 N–H and O–H groups in total. The molecule has 7 heteroatoms. The van der Waals surface area contributed by atoms with Gasteiger partial charge in [0.25, 0.3) is 0 Å². The molecule has 0 aromatic heterocycles. The first-order chi connectivity index (χ1) is 8.81. The van der Waals surface area contributed by atoms with Crippen LogP contribution >= 0.6 is 0 Å². The maximum absolute atomic E-state index is 12.0. The van der Waals surface area contributed by atoms with Gasteiger partial charge >= 0.3 is 0 Å². The van der Waals surface area contributed by atoms with Crippen molar-refractivity contribution >= 4 is 23.9 Å². The molecule has 2 aliphatic rings. The summed E-state index contributed by atoms with van der Waals surface area (Å²) in [6.45, 7) is 3.33. The molecule has 0 amide bonds. The topological polar surface area (TPSA) is 82.1 Å². The van der Waals surface area contributed by atoms with Crippen LogP contribution < -0.4 is 0 Å². The average Bonchev–Trinajstić information content (AvgIpc) is 2.71. The van der Waals surface area contributed by atoms with E-state index >= 15 is 0 Å². The Bertz CT molecular complexity index is 630. The fourth-order valence-electron chi connectivity index (χ4n) is 1.90. The molecule has 18 heavy (non-hydrogen) atoms. The van der Waals surface area contributed by atoms with E-state index in [0.717, 1.165) is 5.56 Å². The Morgan fingerprint density at radius 2 is 2.00 bits per heavy atom. The number of nitrogens with zero attached hydrogens (tertiary/aromatic N) is 6. The Labute approximate surface area is 102 Å². The third-order valence-electron chi connectivity index (χ3n) is 2.64. The highest BCUT2D eigenvalue weighted by Gasteiger charge is 2.35. The Kier molecular flexibility index (Phi) is 2.30. The van der Waals surface area contributed by atoms with Gasteiger partial charge < -0.3 is 0 Å². The number of Topliss-reactive ketones (excluding diaryl/α,β-unsaturated/α-hetero) is 1. The minimum Gasteiger partial charge on any atom is -0.287 e. The number of benzene rings is 1. The van der Waals surface area contributed by atoms with Gasteiger partial charge in [-0.05, 0) is 10.4 Å². The molecule has 1 aromatic rings. The molecular weight excluding hydrogens is 232 g/mol. The minimum absolute atomic E-state index is 0.0946. The highest BCUT2D eigenvalue weighted by atomic mass is 16.1. The van der Waals surface area contributed by atoms with Gasteiger partial charge in [0.1, 0.15) is 11.4 Å². The first kappa shape index (κ1) is 10.5. The van der Waals surface area contributed by atoms with Crippen LogP contribution in [-0.4, -0.2) is 35.7 Å². The Morgan fingerprint density at radius 3 is 2.78 bits per heavy atom. The van der Waals surface area contributed by atoms with Crippen LogP contribution in [0.25, 0.3) is 0 Å². The largest absolute Gasteiger partial charge is 0.287 e. The summed E-state index contributed by atoms with van der Waals surface area (Å²) in [7, 11) is 0. The molecule has 0 spiro atoms. The average molecular weight is 240 g/mol. The van der Waals surface area contributed by atoms with E-state index in [0.29, 0.717) is 17.0 Å². The van der Waals surface area contributed by atoms with E-state index in [1.54, 1.807) is 6.07 Å². The zero-order valence-corrected chi connectivity index (χ0v) is 9.32. The number of carbonyl (C=O) groups is 1. The molecule has 1 aromatic carbocycles. The van der Waals surface area contributed by atoms with Crippen LogP contribution in [0, 0.1) is 0 Å². The Hall–Kier alpha value is -2.70. The summed E-state index contributed by atoms with van der Waals surface area (Å²) < 4.78 is 0. The van der Waals surface area contributed by atoms with Crippen molar-refractivity contribution in [1.82, 2.24) is 5.12 Å². The Morgan fingerprint density at radius 1 is 1.22 bits per heavy atom. The van der Waals surface area contributed by atoms with Crippen molar-refractivity contribution < 1.29 is 4.79 Å². The Balaban J connectivity index is 2.07. The quantitative estimate of drug-likeness (QED) is 0.443. The predicted molar refractivity (Wildman–Crippen MR) is 65.9 cm³/mol. The molecule has 1 heterocycles. The first-order valence-corrected chi connectivity index (χ1v) is 5.23. The van der Waals surface area contributed by atoms with Gasteiger partial charge in [0.15, 0.2) is 6.67 Å². The number of aliphatic imine (C=N–C) groups is 1. The number of rotatable bonds is 2. The molecule has 7 nitrogen and oxygen atoms in total. The molecule has 0 radical (unpaired) electrons. The van der Waals surface area contributed by atoms with Crippen molar-refractivity contribution in [3.05, 3.63) is 35.4 Å². The second-order valence-corrected chi connectivity index (χ2v) is 3.66. The van der Waals surface area contributed by atoms with Crippen molar-refractivity contribution in [1.29, 1.82) is 0 Å². The fraction of sp³-hybridized carbons (Fsp3) is 0.0909. The SMILES string of the molecule is C=N/N=N\N1CN=C2C(=O)c3ccccc3C2=N1. The molecule has 0 atom stereocenters. The highest BCUT2D eigenvalue weighted by molar-refractivity contribution is 6.78. The van der Waals surface area contributed by atoms with E-state index in [1.807, 2.05) is 18.2 Å². The van der Waals surface area contributed by atoms with Gasteiger partial charge in [0, 0.05) is 17.8 Å². The molecule has 0 bridgehead atoms. The lowest BCUT2D eigenvalue weighted by Crippen LogP contribution is -2.26. The van der Waals surface area contributed by atoms with Crippen LogP contribution in [0.4, 0.5) is 0 Å². The van der Waals surface area contributed by atoms with E-state index < -0.39 is 0 Å². The van der Waals surface area contributed by atoms with E-state index in [2.05, 4.69) is 32.4 Å². The summed E-state index contributed by atoms with van der Waals surface area (Å²) in [5.41, 5.74) is 2.31. The van der Waals surface area contributed by atoms with Crippen LogP contribution in [0.3, 0.4) is 0 Å². The molecule has 88 valence electrons. The lowest BCUT2D eigenvalue weighted by Gasteiger charge is -2.14. The van der Waals surface area contributed by atoms with Gasteiger partial charge in [0.2, 0.25) is 5.78 Å². The highest BCUT2D eigenvalue weighted by Crippen LogP contribution is 2.23. The van der Waals surface area contributed by atoms with Crippen LogP contribution in [0.2, 0.25) is 0 Å². The summed E-state index contributed by atoms with van der Waals surface area (Å²) in [6.07, 6.45) is 0. The standard InChI is InChI=1S/C11H8N6O/c1-12-15-16-17-6-13-10-9(14-17)7-4-2-3-5-8(7)11(10)18/h2-5H,1,6H2/b16-15-. The van der Waals surface area contributed by atoms with Gasteiger partial charge in [-0.25, -0.2) is 0 Å². The number of hydrazone groups is 1. The van der Waals surface area contributed by atoms with Crippen molar-refractivity contribution in [2.45, 2.75) is 0 Å². The lowest BCUT2D eigenvalue weighted by atomic mass is 10.1. The maximum atomic E-state index is 12.0. The lowest BCUT2D eigenvalue weighted by molar-refractivity contribution is 0.106. The number of hydrogen-bond acceptors (Lipinski definition) is 5. The van der Waals surface area contributed by atoms with Crippen molar-refractivity contribution in [3.8, 4) is 0 Å². The van der Waals surface area contributed by atoms with E-state index in [9.17, 15) is 4.79 Å². The third kappa shape index (κ3) is 1.45. The molecule has 3 rings (SSSR count). The van der Waals surface area contributed by atoms with Crippen molar-refractivity contribution in [2.24, 2.45) is 25.6 Å². The summed E-state index contributed by atoms with van der Waals surface area (Å²) in [5.74, 6) is -0.0946. The second kappa shape index (κ2) is 3.95. The summed E-state index contributed by atoms with van der Waals surface area (Å²) in [5, 5.41) is 15.8. The number of carbonyl (C=O) groups excluding carboxylic acids is 1. The van der Waals surface area contributed by atoms with Crippen LogP contribution in [0.15, 0.2) is 49.9 Å². The van der Waals surface area contributed by atoms with E-state index in [1.165, 1.54) is 5.12 Å². The predicted octanol–water partition coefficient (Wildman–Crippen LogP) is 1.28. The molecule has 0 fully saturated rings. The van der Waals surface area contributed by atoms with E-state index in [-0.39, 0.29) is 12.5 Å². The molecule has 1 aliphatic heterocycles. The van der Waals surface area contributed by atoms with Crippen LogP contribution in [-0.2, 0) is 0 Å². The molecular formula is C11H8N6O. The third-order valence-corrected chi connectivity index (χ3v) is 2.64. The smallest absolute Gasteiger partial charge is 0.213 e. The van der Waals surface area contributed by atoms with E-state index in [4.69, 9.17) is 0 Å². The number of fused-ring (bicyclic) bond motifs is 3. The number of ketones is 1. The first-order valence-electron chi connectivity index (χ1n) is 5.23. The number of hydrogen-bond donors (Lipinski definition) is 0. The van der Waals surface area contributed by atoms with Crippen molar-refractivity contribution in [3.63, 3.8) is 0 Å². The normalized spacial score (nSPS) is 17.3. The van der Waals surface area contributed by atoms with Gasteiger partial charge in [-0.2, -0.15) is 0 Å². The van der Waals surface area contributed by atoms with Crippen LogP contribution in [0.1, 0.15) is 15.9 Å². The summed E-state index contributed by atoms with van der Waals surface area (Å²) >= 11 is 0. The molecule has 0 saturated heterocycles. The van der Waals surface area contributed by atoms with Gasteiger partial charge in [0.05, 0.1) is 0 Å². The minimum atomic E-state index is -0.0946. The van der Waals surface area contributed by atoms with Gasteiger partial charge in [-0.15, -0.1) is 15.3 Å². The maximum Gasteiger partial charge on any atom is 0.213 e. The van der Waals surface area contributed by atoms with Crippen LogP contribution in [0.5, 0.6) is 0 Å². The zero-order chi connectivity index (χ0) is 12.5. The molecule has 0 saturated carbocycles. The zero-order valence-electron chi connectivity index (χ0n) is 9.32. The monoisotopic (exact) mass is 240 g/mol. The van der Waals surface area contributed by atoms with Gasteiger partial charge in [-0.1, -0.05) is 24.3 Å². The molecule has 0 unspecified atom stereocenters. The molecule has 1 aliphatic carbocycles. The summed E-state index contributed by atoms with van der Waals surface area (Å²) in [6, 6.07) is 7.26. The van der Waals surface area contributed by atoms with Crippen molar-refractivity contribution in [2.75, 3.05) is 6.67 Å². The summed E-state index contributed by atoms with van der Waals surface area (Å²) in [4.78, 5) is 16.2. The van der Waals surface area contributed by atoms with Gasteiger partial charge in [-0.3, -0.25) is 9.79 Å². The fourth-order valence-corrected chi connectivity index (χ4v) is 1.90. The second-order valence-electron chi connectivity index (χ2n) is 3.66.